The average molecular weight is 408 g/mol. The van der Waals surface area contributed by atoms with Crippen LogP contribution in [-0.4, -0.2) is 52.8 Å². The molecule has 0 saturated carbocycles. The van der Waals surface area contributed by atoms with E-state index in [1.165, 1.54) is 11.5 Å². The highest BCUT2D eigenvalue weighted by Crippen LogP contribution is 2.27. The standard InChI is InChI=1S/C19H20N8OS/c1-12-11-27-15(13-8-21-22-9-13)10-20-19(27)18(23-12)24-16-6-14(25-29-16)7-17(28)26-4-2-3-5-26/h6,8-11H,2-5,7H2,1H3,(H,21,22)(H,23,24). The number of aromatic nitrogens is 6. The molecule has 5 heterocycles. The molecule has 0 spiro atoms. The summed E-state index contributed by atoms with van der Waals surface area (Å²) in [5.41, 5.74) is 4.24. The Hall–Kier alpha value is -3.27. The zero-order valence-electron chi connectivity index (χ0n) is 15.9. The number of aryl methyl sites for hydroxylation is 1. The van der Waals surface area contributed by atoms with Crippen LogP contribution in [0.25, 0.3) is 16.9 Å². The molecular formula is C19H20N8OS. The van der Waals surface area contributed by atoms with Crippen molar-refractivity contribution < 1.29 is 4.79 Å². The minimum absolute atomic E-state index is 0.147. The van der Waals surface area contributed by atoms with Gasteiger partial charge in [-0.3, -0.25) is 14.3 Å². The van der Waals surface area contributed by atoms with Gasteiger partial charge in [-0.25, -0.2) is 9.97 Å². The average Bonchev–Trinajstić information content (AvgIpc) is 3.48. The predicted molar refractivity (Wildman–Crippen MR) is 110 cm³/mol. The van der Waals surface area contributed by atoms with Crippen molar-refractivity contribution in [1.82, 2.24) is 33.8 Å². The molecule has 2 N–H and O–H groups in total. The topological polar surface area (TPSA) is 104 Å². The van der Waals surface area contributed by atoms with Crippen LogP contribution in [0.2, 0.25) is 0 Å². The highest BCUT2D eigenvalue weighted by atomic mass is 32.1. The van der Waals surface area contributed by atoms with Gasteiger partial charge in [0.05, 0.1) is 35.9 Å². The van der Waals surface area contributed by atoms with E-state index < -0.39 is 0 Å². The van der Waals surface area contributed by atoms with Gasteiger partial charge in [0.2, 0.25) is 5.91 Å². The molecule has 9 nitrogen and oxygen atoms in total. The first-order valence-corrected chi connectivity index (χ1v) is 10.3. The van der Waals surface area contributed by atoms with E-state index in [0.29, 0.717) is 12.2 Å². The fourth-order valence-corrected chi connectivity index (χ4v) is 4.27. The van der Waals surface area contributed by atoms with Crippen LogP contribution in [-0.2, 0) is 11.2 Å². The van der Waals surface area contributed by atoms with Gasteiger partial charge >= 0.3 is 0 Å². The number of imidazole rings is 1. The Morgan fingerprint density at radius 3 is 2.97 bits per heavy atom. The number of hydrogen-bond donors (Lipinski definition) is 2. The number of nitrogens with zero attached hydrogens (tertiary/aromatic N) is 6. The van der Waals surface area contributed by atoms with E-state index >= 15 is 0 Å². The first-order chi connectivity index (χ1) is 14.2. The third kappa shape index (κ3) is 3.46. The summed E-state index contributed by atoms with van der Waals surface area (Å²) in [6.45, 7) is 3.66. The first kappa shape index (κ1) is 17.8. The molecule has 1 aliphatic rings. The second-order valence-corrected chi connectivity index (χ2v) is 7.93. The predicted octanol–water partition coefficient (Wildman–Crippen LogP) is 2.79. The lowest BCUT2D eigenvalue weighted by molar-refractivity contribution is -0.129. The van der Waals surface area contributed by atoms with E-state index in [2.05, 4.69) is 29.9 Å². The molecule has 148 valence electrons. The summed E-state index contributed by atoms with van der Waals surface area (Å²) in [5, 5.41) is 11.0. The van der Waals surface area contributed by atoms with Crippen molar-refractivity contribution in [2.45, 2.75) is 26.2 Å². The smallest absolute Gasteiger partial charge is 0.228 e. The Bertz CT molecular complexity index is 1160. The molecule has 4 aromatic heterocycles. The number of likely N-dealkylation sites (tertiary alicyclic amines) is 1. The van der Waals surface area contributed by atoms with Crippen LogP contribution in [0, 0.1) is 6.92 Å². The second kappa shape index (κ2) is 7.28. The molecule has 5 rings (SSSR count). The van der Waals surface area contributed by atoms with Gasteiger partial charge in [-0.1, -0.05) is 0 Å². The van der Waals surface area contributed by atoms with Gasteiger partial charge in [0.25, 0.3) is 0 Å². The lowest BCUT2D eigenvalue weighted by atomic mass is 10.3. The van der Waals surface area contributed by atoms with Crippen molar-refractivity contribution in [1.29, 1.82) is 0 Å². The number of fused-ring (bicyclic) bond motifs is 1. The van der Waals surface area contributed by atoms with Crippen molar-refractivity contribution in [3.05, 3.63) is 42.2 Å². The lowest BCUT2D eigenvalue weighted by Gasteiger charge is -2.13. The molecular weight excluding hydrogens is 388 g/mol. The highest BCUT2D eigenvalue weighted by molar-refractivity contribution is 7.10. The summed E-state index contributed by atoms with van der Waals surface area (Å²) in [6, 6.07) is 1.92. The van der Waals surface area contributed by atoms with Gasteiger partial charge in [0.1, 0.15) is 5.00 Å². The quantitative estimate of drug-likeness (QED) is 0.526. The lowest BCUT2D eigenvalue weighted by Crippen LogP contribution is -2.29. The molecule has 0 aliphatic carbocycles. The van der Waals surface area contributed by atoms with Gasteiger partial charge < -0.3 is 10.2 Å². The number of anilines is 2. The molecule has 0 unspecified atom stereocenters. The maximum absolute atomic E-state index is 12.4. The normalized spacial score (nSPS) is 14.0. The van der Waals surface area contributed by atoms with Gasteiger partial charge in [-0.2, -0.15) is 9.47 Å². The number of amides is 1. The van der Waals surface area contributed by atoms with E-state index in [-0.39, 0.29) is 5.91 Å². The third-order valence-corrected chi connectivity index (χ3v) is 5.74. The minimum atomic E-state index is 0.147. The largest absolute Gasteiger partial charge is 0.342 e. The molecule has 1 aliphatic heterocycles. The van der Waals surface area contributed by atoms with E-state index in [4.69, 9.17) is 0 Å². The summed E-state index contributed by atoms with van der Waals surface area (Å²) in [5.74, 6) is 0.800. The Labute approximate surface area is 171 Å². The molecule has 0 atom stereocenters. The zero-order valence-corrected chi connectivity index (χ0v) is 16.7. The van der Waals surface area contributed by atoms with E-state index in [9.17, 15) is 4.79 Å². The molecule has 4 aromatic rings. The van der Waals surface area contributed by atoms with Crippen LogP contribution >= 0.6 is 11.5 Å². The summed E-state index contributed by atoms with van der Waals surface area (Å²) in [6.07, 6.45) is 9.87. The van der Waals surface area contributed by atoms with Crippen molar-refractivity contribution in [2.24, 2.45) is 0 Å². The number of hydrogen-bond acceptors (Lipinski definition) is 7. The Balaban J connectivity index is 1.39. The number of nitrogens with one attached hydrogen (secondary N) is 2. The molecule has 0 bridgehead atoms. The SMILES string of the molecule is Cc1cn2c(-c3cn[nH]c3)cnc2c(Nc2cc(CC(=O)N3CCCC3)ns2)n1. The van der Waals surface area contributed by atoms with Crippen molar-refractivity contribution in [3.63, 3.8) is 0 Å². The van der Waals surface area contributed by atoms with E-state index in [1.807, 2.05) is 34.7 Å². The fraction of sp³-hybridized carbons (Fsp3) is 0.316. The summed E-state index contributed by atoms with van der Waals surface area (Å²) >= 11 is 1.32. The second-order valence-electron chi connectivity index (χ2n) is 7.13. The molecule has 0 aromatic carbocycles. The van der Waals surface area contributed by atoms with Crippen molar-refractivity contribution in [3.8, 4) is 11.3 Å². The maximum Gasteiger partial charge on any atom is 0.228 e. The monoisotopic (exact) mass is 408 g/mol. The Kier molecular flexibility index (Phi) is 4.47. The van der Waals surface area contributed by atoms with Crippen LogP contribution in [0.4, 0.5) is 10.8 Å². The van der Waals surface area contributed by atoms with Gasteiger partial charge in [-0.15, -0.1) is 0 Å². The number of carbonyl (C=O) groups excluding carboxylic acids is 1. The highest BCUT2D eigenvalue weighted by Gasteiger charge is 2.19. The molecule has 0 radical (unpaired) electrons. The van der Waals surface area contributed by atoms with Gasteiger partial charge in [0, 0.05) is 31.0 Å². The summed E-state index contributed by atoms with van der Waals surface area (Å²) < 4.78 is 6.43. The third-order valence-electron chi connectivity index (χ3n) is 5.00. The molecule has 1 amide bonds. The number of carbonyl (C=O) groups is 1. The molecule has 1 fully saturated rings. The fourth-order valence-electron chi connectivity index (χ4n) is 3.60. The van der Waals surface area contributed by atoms with Crippen LogP contribution in [0.3, 0.4) is 0 Å². The summed E-state index contributed by atoms with van der Waals surface area (Å²) in [4.78, 5) is 23.4. The Morgan fingerprint density at radius 1 is 1.31 bits per heavy atom. The molecule has 1 saturated heterocycles. The van der Waals surface area contributed by atoms with Crippen molar-refractivity contribution >= 4 is 33.9 Å². The van der Waals surface area contributed by atoms with Gasteiger partial charge in [-0.05, 0) is 37.4 Å². The van der Waals surface area contributed by atoms with E-state index in [0.717, 1.165) is 59.2 Å². The Morgan fingerprint density at radius 2 is 2.17 bits per heavy atom. The zero-order chi connectivity index (χ0) is 19.8. The first-order valence-electron chi connectivity index (χ1n) is 9.51. The van der Waals surface area contributed by atoms with Crippen molar-refractivity contribution in [2.75, 3.05) is 18.4 Å². The minimum Gasteiger partial charge on any atom is -0.342 e. The molecule has 29 heavy (non-hydrogen) atoms. The van der Waals surface area contributed by atoms with Crippen LogP contribution in [0.5, 0.6) is 0 Å². The van der Waals surface area contributed by atoms with Crippen LogP contribution < -0.4 is 5.32 Å². The van der Waals surface area contributed by atoms with Gasteiger partial charge in [0.15, 0.2) is 11.5 Å². The number of aromatic amines is 1. The summed E-state index contributed by atoms with van der Waals surface area (Å²) in [7, 11) is 0. The number of H-pyrrole nitrogens is 1. The molecule has 10 heteroatoms. The number of rotatable bonds is 5. The maximum atomic E-state index is 12.4. The van der Waals surface area contributed by atoms with E-state index in [1.54, 1.807) is 12.4 Å². The van der Waals surface area contributed by atoms with Crippen LogP contribution in [0.15, 0.2) is 30.9 Å². The van der Waals surface area contributed by atoms with Crippen LogP contribution in [0.1, 0.15) is 24.2 Å².